The van der Waals surface area contributed by atoms with Gasteiger partial charge in [0.15, 0.2) is 0 Å². The fourth-order valence-corrected chi connectivity index (χ4v) is 6.03. The Balaban J connectivity index is 1.49. The summed E-state index contributed by atoms with van der Waals surface area (Å²) in [5.74, 6) is 0. The Bertz CT molecular complexity index is 3290. The highest BCUT2D eigenvalue weighted by atomic mass is 16.3. The number of furan rings is 1. The van der Waals surface area contributed by atoms with E-state index in [-0.39, 0.29) is 62.8 Å². The van der Waals surface area contributed by atoms with Crippen LogP contribution in [0.2, 0.25) is 0 Å². The molecule has 0 atom stereocenters. The zero-order chi connectivity index (χ0) is 42.8. The zero-order valence-electron chi connectivity index (χ0n) is 38.4. The number of benzene rings is 8. The molecule has 0 aliphatic rings. The second kappa shape index (κ2) is 10.4. The Kier molecular flexibility index (Phi) is 3.39. The summed E-state index contributed by atoms with van der Waals surface area (Å²) >= 11 is 0. The largest absolute Gasteiger partial charge is 0.456 e. The lowest BCUT2D eigenvalue weighted by Crippen LogP contribution is -1.91. The number of hydrogen-bond acceptors (Lipinski definition) is 1. The highest BCUT2D eigenvalue weighted by Gasteiger charge is 2.20. The van der Waals surface area contributed by atoms with Gasteiger partial charge in [-0.25, -0.2) is 0 Å². The average molecular weight is 588 g/mol. The van der Waals surface area contributed by atoms with Gasteiger partial charge in [-0.2, -0.15) is 0 Å². The quantitative estimate of drug-likeness (QED) is 0.187. The van der Waals surface area contributed by atoms with Crippen LogP contribution < -0.4 is 0 Å². The molecule has 1 heteroatoms. The molecule has 45 heavy (non-hydrogen) atoms. The molecule has 0 unspecified atom stereocenters. The minimum Gasteiger partial charge on any atom is -0.456 e. The van der Waals surface area contributed by atoms with Gasteiger partial charge in [0, 0.05) is 10.8 Å². The molecule has 0 aliphatic carbocycles. The summed E-state index contributed by atoms with van der Waals surface area (Å²) in [5, 5.41) is 1.66. The molecule has 0 radical (unpaired) electrons. The van der Waals surface area contributed by atoms with E-state index in [0.717, 1.165) is 0 Å². The summed E-state index contributed by atoms with van der Waals surface area (Å²) in [7, 11) is 0. The molecule has 1 nitrogen and oxygen atoms in total. The van der Waals surface area contributed by atoms with E-state index >= 15 is 0 Å². The van der Waals surface area contributed by atoms with Crippen molar-refractivity contribution in [3.05, 3.63) is 169 Å². The molecule has 0 saturated carbocycles. The first-order chi connectivity index (χ1) is 28.6. The molecular formula is C44H28O. The van der Waals surface area contributed by atoms with E-state index in [1.54, 1.807) is 78.9 Å². The maximum atomic E-state index is 9.56. The van der Waals surface area contributed by atoms with Crippen LogP contribution in [0.15, 0.2) is 174 Å². The standard InChI is InChI=1S/C44H28O/c1-3-13-29(14-4-1)31-17-11-18-33(27-31)42-34-19-7-9-21-36(34)43(37-22-10-8-20-35(37)42)38-23-12-24-41-44(38)39-28-32(25-26-40(39)45-41)30-15-5-2-6-16-30/h1-28H/i2D,5D,6D,11D,12D,15D,16D,17D,18D,23D,24D,25D,26D,27D,28D. The average Bonchev–Trinajstić information content (AvgIpc) is 3.66. The third kappa shape index (κ3) is 4.17. The number of rotatable bonds is 4. The Morgan fingerprint density at radius 1 is 0.378 bits per heavy atom. The van der Waals surface area contributed by atoms with Gasteiger partial charge in [-0.1, -0.05) is 145 Å². The summed E-state index contributed by atoms with van der Waals surface area (Å²) < 4.78 is 140. The van der Waals surface area contributed by atoms with Crippen LogP contribution in [-0.4, -0.2) is 0 Å². The van der Waals surface area contributed by atoms with Crippen LogP contribution in [0.3, 0.4) is 0 Å². The summed E-state index contributed by atoms with van der Waals surface area (Å²) in [6, 6.07) is 14.9. The molecule has 210 valence electrons. The molecule has 9 rings (SSSR count). The van der Waals surface area contributed by atoms with E-state index in [0.29, 0.717) is 38.2 Å². The van der Waals surface area contributed by atoms with Crippen molar-refractivity contribution in [1.82, 2.24) is 0 Å². The highest BCUT2D eigenvalue weighted by molar-refractivity contribution is 6.25. The van der Waals surface area contributed by atoms with Gasteiger partial charge in [0.2, 0.25) is 0 Å². The van der Waals surface area contributed by atoms with Crippen molar-refractivity contribution in [2.75, 3.05) is 0 Å². The Morgan fingerprint density at radius 3 is 1.71 bits per heavy atom. The SMILES string of the molecule is [2H]c1c([2H])c([2H])c(-c2c([2H])c([2H])c3oc4c([2H])c([2H])c([2H])c(-c5c6ccccc6c(-c6c([2H])c([2H])c([2H])c(-c7ccccc7)c6[2H])c6ccccc56)c4c3c2[2H])c([2H])c1[2H]. The van der Waals surface area contributed by atoms with Gasteiger partial charge in [0.05, 0.1) is 20.6 Å². The van der Waals surface area contributed by atoms with Gasteiger partial charge >= 0.3 is 0 Å². The van der Waals surface area contributed by atoms with E-state index in [2.05, 4.69) is 0 Å². The molecule has 0 saturated heterocycles. The van der Waals surface area contributed by atoms with Crippen molar-refractivity contribution in [3.63, 3.8) is 0 Å². The lowest BCUT2D eigenvalue weighted by Gasteiger charge is -2.18. The molecular weight excluding hydrogens is 544 g/mol. The lowest BCUT2D eigenvalue weighted by atomic mass is 9.84. The van der Waals surface area contributed by atoms with Crippen LogP contribution in [0.25, 0.3) is 88.0 Å². The molecule has 0 bridgehead atoms. The predicted octanol–water partition coefficient (Wildman–Crippen LogP) is 12.6. The Morgan fingerprint density at radius 2 is 0.978 bits per heavy atom. The lowest BCUT2D eigenvalue weighted by molar-refractivity contribution is 0.669. The molecule has 0 aliphatic heterocycles. The van der Waals surface area contributed by atoms with E-state index in [1.165, 1.54) is 0 Å². The summed E-state index contributed by atoms with van der Waals surface area (Å²) in [5.41, 5.74) is 0.0482. The third-order valence-electron chi connectivity index (χ3n) is 7.94. The van der Waals surface area contributed by atoms with Crippen LogP contribution in [0, 0.1) is 0 Å². The maximum absolute atomic E-state index is 9.56. The molecule has 9 aromatic rings. The maximum Gasteiger partial charge on any atom is 0.136 e. The second-order valence-corrected chi connectivity index (χ2v) is 10.5. The van der Waals surface area contributed by atoms with Crippen molar-refractivity contribution < 1.29 is 25.0 Å². The number of fused-ring (bicyclic) bond motifs is 5. The van der Waals surface area contributed by atoms with Gasteiger partial charge in [-0.05, 0) is 90.2 Å². The monoisotopic (exact) mass is 587 g/mol. The molecule has 0 N–H and O–H groups in total. The van der Waals surface area contributed by atoms with Crippen molar-refractivity contribution in [1.29, 1.82) is 0 Å². The first kappa shape index (κ1) is 14.7. The van der Waals surface area contributed by atoms with E-state index in [4.69, 9.17) is 19.5 Å². The molecule has 1 heterocycles. The van der Waals surface area contributed by atoms with Crippen LogP contribution in [-0.2, 0) is 0 Å². The Labute approximate surface area is 282 Å². The normalized spacial score (nSPS) is 16.2. The fraction of sp³-hybridized carbons (Fsp3) is 0. The predicted molar refractivity (Wildman–Crippen MR) is 190 cm³/mol. The van der Waals surface area contributed by atoms with Gasteiger partial charge in [-0.15, -0.1) is 0 Å². The van der Waals surface area contributed by atoms with Crippen molar-refractivity contribution in [2.24, 2.45) is 0 Å². The van der Waals surface area contributed by atoms with Crippen molar-refractivity contribution in [3.8, 4) is 44.5 Å². The van der Waals surface area contributed by atoms with Gasteiger partial charge in [-0.3, -0.25) is 0 Å². The van der Waals surface area contributed by atoms with Crippen LogP contribution in [0.1, 0.15) is 20.6 Å². The van der Waals surface area contributed by atoms with Crippen molar-refractivity contribution in [2.45, 2.75) is 0 Å². The first-order valence-corrected chi connectivity index (χ1v) is 14.2. The third-order valence-corrected chi connectivity index (χ3v) is 7.94. The minimum atomic E-state index is -0.703. The first-order valence-electron chi connectivity index (χ1n) is 21.7. The van der Waals surface area contributed by atoms with Crippen molar-refractivity contribution >= 4 is 43.5 Å². The molecule has 0 amide bonds. The molecule has 0 spiro atoms. The van der Waals surface area contributed by atoms with Gasteiger partial charge in [0.1, 0.15) is 11.2 Å². The summed E-state index contributed by atoms with van der Waals surface area (Å²) in [6.07, 6.45) is 0. The van der Waals surface area contributed by atoms with E-state index in [1.807, 2.05) is 0 Å². The van der Waals surface area contributed by atoms with E-state index in [9.17, 15) is 5.48 Å². The highest BCUT2D eigenvalue weighted by Crippen LogP contribution is 2.47. The number of hydrogen-bond donors (Lipinski definition) is 0. The smallest absolute Gasteiger partial charge is 0.136 e. The second-order valence-electron chi connectivity index (χ2n) is 10.5. The molecule has 8 aromatic carbocycles. The van der Waals surface area contributed by atoms with Crippen LogP contribution >= 0.6 is 0 Å². The Hall–Kier alpha value is -5.92. The van der Waals surface area contributed by atoms with Crippen LogP contribution in [0.4, 0.5) is 0 Å². The van der Waals surface area contributed by atoms with Crippen LogP contribution in [0.5, 0.6) is 0 Å². The van der Waals surface area contributed by atoms with Gasteiger partial charge in [0.25, 0.3) is 0 Å². The summed E-state index contributed by atoms with van der Waals surface area (Å²) in [4.78, 5) is 0. The van der Waals surface area contributed by atoms with Gasteiger partial charge < -0.3 is 4.42 Å². The molecule has 1 aromatic heterocycles. The molecule has 0 fully saturated rings. The minimum absolute atomic E-state index is 0.0196. The summed E-state index contributed by atoms with van der Waals surface area (Å²) in [6.45, 7) is 0. The van der Waals surface area contributed by atoms with E-state index < -0.39 is 77.6 Å². The topological polar surface area (TPSA) is 13.1 Å². The fourth-order valence-electron chi connectivity index (χ4n) is 6.03. The zero-order valence-corrected chi connectivity index (χ0v) is 23.4.